The lowest BCUT2D eigenvalue weighted by Crippen LogP contribution is -2.46. The van der Waals surface area contributed by atoms with Crippen LogP contribution in [0, 0.1) is 11.8 Å². The van der Waals surface area contributed by atoms with Gasteiger partial charge in [-0.1, -0.05) is 13.8 Å². The average molecular weight is 254 g/mol. The molecular formula is C14H26N2O2. The largest absolute Gasteiger partial charge is 0.378 e. The van der Waals surface area contributed by atoms with Crippen LogP contribution in [0.25, 0.3) is 0 Å². The second-order valence-electron chi connectivity index (χ2n) is 5.88. The summed E-state index contributed by atoms with van der Waals surface area (Å²) in [7, 11) is 0. The molecular weight excluding hydrogens is 228 g/mol. The van der Waals surface area contributed by atoms with Gasteiger partial charge in [0.25, 0.3) is 0 Å². The molecule has 0 saturated carbocycles. The molecule has 0 spiro atoms. The smallest absolute Gasteiger partial charge is 0.237 e. The Morgan fingerprint density at radius 1 is 1.39 bits per heavy atom. The van der Waals surface area contributed by atoms with E-state index < -0.39 is 0 Å². The van der Waals surface area contributed by atoms with Crippen molar-refractivity contribution < 1.29 is 9.53 Å². The third-order valence-corrected chi connectivity index (χ3v) is 4.07. The van der Waals surface area contributed by atoms with Gasteiger partial charge in [-0.05, 0) is 38.1 Å². The predicted octanol–water partition coefficient (Wildman–Crippen LogP) is 1.31. The summed E-state index contributed by atoms with van der Waals surface area (Å²) in [5.74, 6) is 1.17. The van der Waals surface area contributed by atoms with Crippen LogP contribution < -0.4 is 10.6 Å². The lowest BCUT2D eigenvalue weighted by molar-refractivity contribution is -0.123. The first-order valence-corrected chi connectivity index (χ1v) is 7.31. The molecule has 3 atom stereocenters. The maximum Gasteiger partial charge on any atom is 0.237 e. The minimum absolute atomic E-state index is 0.0343. The van der Waals surface area contributed by atoms with Gasteiger partial charge in [-0.25, -0.2) is 0 Å². The number of carbonyl (C=O) groups is 1. The number of rotatable bonds is 4. The van der Waals surface area contributed by atoms with Crippen LogP contribution in [0.1, 0.15) is 39.5 Å². The predicted molar refractivity (Wildman–Crippen MR) is 71.3 cm³/mol. The number of carbonyl (C=O) groups excluding carboxylic acids is 1. The van der Waals surface area contributed by atoms with Crippen LogP contribution in [-0.2, 0) is 9.53 Å². The van der Waals surface area contributed by atoms with Crippen molar-refractivity contribution >= 4 is 5.91 Å². The van der Waals surface area contributed by atoms with Gasteiger partial charge in [0.1, 0.15) is 0 Å². The van der Waals surface area contributed by atoms with E-state index in [9.17, 15) is 4.79 Å². The Kier molecular flexibility index (Phi) is 5.01. The molecule has 0 aromatic heterocycles. The third kappa shape index (κ3) is 3.45. The van der Waals surface area contributed by atoms with E-state index in [1.807, 2.05) is 0 Å². The highest BCUT2D eigenvalue weighted by Gasteiger charge is 2.29. The normalized spacial score (nSPS) is 32.7. The fourth-order valence-electron chi connectivity index (χ4n) is 3.08. The van der Waals surface area contributed by atoms with Crippen LogP contribution in [-0.4, -0.2) is 37.7 Å². The Labute approximate surface area is 110 Å². The zero-order valence-electron chi connectivity index (χ0n) is 11.6. The molecule has 0 aliphatic carbocycles. The molecule has 2 heterocycles. The standard InChI is InChI=1S/C14H26N2O2/c1-10(2)13-11(5-4-8-18-13)9-16-14(17)12-6-3-7-15-12/h10-13,15H,3-9H2,1-2H3,(H,16,17). The van der Waals surface area contributed by atoms with E-state index in [0.29, 0.717) is 17.9 Å². The average Bonchev–Trinajstić information content (AvgIpc) is 2.90. The first-order chi connectivity index (χ1) is 8.68. The first-order valence-electron chi connectivity index (χ1n) is 7.31. The maximum atomic E-state index is 12.0. The van der Waals surface area contributed by atoms with Crippen molar-refractivity contribution in [1.29, 1.82) is 0 Å². The van der Waals surface area contributed by atoms with E-state index in [4.69, 9.17) is 4.74 Å². The fraction of sp³-hybridized carbons (Fsp3) is 0.929. The molecule has 3 unspecified atom stereocenters. The lowest BCUT2D eigenvalue weighted by Gasteiger charge is -2.34. The van der Waals surface area contributed by atoms with Crippen molar-refractivity contribution in [2.24, 2.45) is 11.8 Å². The molecule has 18 heavy (non-hydrogen) atoms. The number of nitrogens with one attached hydrogen (secondary N) is 2. The minimum Gasteiger partial charge on any atom is -0.378 e. The maximum absolute atomic E-state index is 12.0. The lowest BCUT2D eigenvalue weighted by atomic mass is 9.87. The van der Waals surface area contributed by atoms with Gasteiger partial charge in [0.15, 0.2) is 0 Å². The summed E-state index contributed by atoms with van der Waals surface area (Å²) < 4.78 is 5.84. The first kappa shape index (κ1) is 13.8. The summed E-state index contributed by atoms with van der Waals surface area (Å²) in [5, 5.41) is 6.33. The third-order valence-electron chi connectivity index (χ3n) is 4.07. The van der Waals surface area contributed by atoms with Gasteiger partial charge < -0.3 is 15.4 Å². The Morgan fingerprint density at radius 3 is 2.89 bits per heavy atom. The number of amides is 1. The summed E-state index contributed by atoms with van der Waals surface area (Å²) in [5.41, 5.74) is 0. The molecule has 0 radical (unpaired) electrons. The van der Waals surface area contributed by atoms with Gasteiger partial charge in [0, 0.05) is 19.1 Å². The van der Waals surface area contributed by atoms with E-state index >= 15 is 0 Å². The highest BCUT2D eigenvalue weighted by atomic mass is 16.5. The van der Waals surface area contributed by atoms with Crippen molar-refractivity contribution in [3.05, 3.63) is 0 Å². The molecule has 104 valence electrons. The van der Waals surface area contributed by atoms with Gasteiger partial charge in [-0.15, -0.1) is 0 Å². The second kappa shape index (κ2) is 6.53. The highest BCUT2D eigenvalue weighted by Crippen LogP contribution is 2.25. The van der Waals surface area contributed by atoms with Crippen LogP contribution in [0.3, 0.4) is 0 Å². The molecule has 0 aromatic carbocycles. The zero-order chi connectivity index (χ0) is 13.0. The molecule has 2 rings (SSSR count). The van der Waals surface area contributed by atoms with Crippen LogP contribution in [0.2, 0.25) is 0 Å². The molecule has 0 aromatic rings. The summed E-state index contributed by atoms with van der Waals surface area (Å²) in [6.07, 6.45) is 4.67. The molecule has 2 fully saturated rings. The van der Waals surface area contributed by atoms with Crippen molar-refractivity contribution in [3.63, 3.8) is 0 Å². The quantitative estimate of drug-likeness (QED) is 0.795. The van der Waals surface area contributed by atoms with Crippen LogP contribution in [0.5, 0.6) is 0 Å². The van der Waals surface area contributed by atoms with Gasteiger partial charge >= 0.3 is 0 Å². The Hall–Kier alpha value is -0.610. The minimum atomic E-state index is 0.0343. The zero-order valence-corrected chi connectivity index (χ0v) is 11.6. The van der Waals surface area contributed by atoms with E-state index in [0.717, 1.165) is 39.0 Å². The Bertz CT molecular complexity index is 275. The summed E-state index contributed by atoms with van der Waals surface area (Å²) in [6, 6.07) is 0.0343. The van der Waals surface area contributed by atoms with Gasteiger partial charge in [0.2, 0.25) is 5.91 Å². The summed E-state index contributed by atoms with van der Waals surface area (Å²) in [4.78, 5) is 12.0. The van der Waals surface area contributed by atoms with Gasteiger partial charge in [-0.3, -0.25) is 4.79 Å². The molecule has 0 bridgehead atoms. The Morgan fingerprint density at radius 2 is 2.22 bits per heavy atom. The number of ether oxygens (including phenoxy) is 1. The molecule has 4 heteroatoms. The highest BCUT2D eigenvalue weighted by molar-refractivity contribution is 5.81. The monoisotopic (exact) mass is 254 g/mol. The van der Waals surface area contributed by atoms with Crippen molar-refractivity contribution in [2.45, 2.75) is 51.7 Å². The van der Waals surface area contributed by atoms with Crippen LogP contribution in [0.15, 0.2) is 0 Å². The van der Waals surface area contributed by atoms with E-state index in [1.165, 1.54) is 6.42 Å². The molecule has 1 amide bonds. The number of hydrogen-bond acceptors (Lipinski definition) is 3. The van der Waals surface area contributed by atoms with Crippen LogP contribution in [0.4, 0.5) is 0 Å². The molecule has 2 saturated heterocycles. The van der Waals surface area contributed by atoms with Gasteiger partial charge in [0.05, 0.1) is 12.1 Å². The van der Waals surface area contributed by atoms with Crippen molar-refractivity contribution in [1.82, 2.24) is 10.6 Å². The van der Waals surface area contributed by atoms with Crippen molar-refractivity contribution in [3.8, 4) is 0 Å². The van der Waals surface area contributed by atoms with E-state index in [-0.39, 0.29) is 11.9 Å². The van der Waals surface area contributed by atoms with Crippen molar-refractivity contribution in [2.75, 3.05) is 19.7 Å². The molecule has 2 aliphatic heterocycles. The SMILES string of the molecule is CC(C)C1OCCCC1CNC(=O)C1CCCN1. The summed E-state index contributed by atoms with van der Waals surface area (Å²) in [6.45, 7) is 7.00. The second-order valence-corrected chi connectivity index (χ2v) is 5.88. The Balaban J connectivity index is 1.78. The number of hydrogen-bond donors (Lipinski definition) is 2. The van der Waals surface area contributed by atoms with E-state index in [2.05, 4.69) is 24.5 Å². The molecule has 2 N–H and O–H groups in total. The molecule has 4 nitrogen and oxygen atoms in total. The topological polar surface area (TPSA) is 50.4 Å². The van der Waals surface area contributed by atoms with Crippen LogP contribution >= 0.6 is 0 Å². The summed E-state index contributed by atoms with van der Waals surface area (Å²) >= 11 is 0. The van der Waals surface area contributed by atoms with E-state index in [1.54, 1.807) is 0 Å². The molecule has 2 aliphatic rings. The van der Waals surface area contributed by atoms with Gasteiger partial charge in [-0.2, -0.15) is 0 Å². The fourth-order valence-corrected chi connectivity index (χ4v) is 3.08.